The number of aliphatic carboxylic acids is 1. The van der Waals surface area contributed by atoms with Gasteiger partial charge in [0.05, 0.1) is 6.54 Å². The van der Waals surface area contributed by atoms with E-state index in [0.29, 0.717) is 31.3 Å². The molecule has 2 atom stereocenters. The van der Waals surface area contributed by atoms with Gasteiger partial charge in [0.1, 0.15) is 12.7 Å². The van der Waals surface area contributed by atoms with Gasteiger partial charge in [-0.25, -0.2) is 4.98 Å². The largest absolute Gasteiger partial charge is 0.480 e. The molecule has 2 fully saturated rings. The molecule has 0 aromatic carbocycles. The fourth-order valence-electron chi connectivity index (χ4n) is 3.42. The van der Waals surface area contributed by atoms with E-state index >= 15 is 0 Å². The highest BCUT2D eigenvalue weighted by Gasteiger charge is 2.43. The molecule has 1 amide bonds. The third-order valence-electron chi connectivity index (χ3n) is 4.63. The van der Waals surface area contributed by atoms with Crippen molar-refractivity contribution < 1.29 is 14.7 Å². The van der Waals surface area contributed by atoms with E-state index in [4.69, 9.17) is 5.11 Å². The Morgan fingerprint density at radius 2 is 2.13 bits per heavy atom. The quantitative estimate of drug-likeness (QED) is 0.697. The van der Waals surface area contributed by atoms with Gasteiger partial charge in [-0.05, 0) is 31.1 Å². The van der Waals surface area contributed by atoms with Crippen LogP contribution in [0.25, 0.3) is 0 Å². The van der Waals surface area contributed by atoms with E-state index in [2.05, 4.69) is 15.4 Å². The molecule has 0 spiro atoms. The molecule has 1 aliphatic heterocycles. The molecule has 23 heavy (non-hydrogen) atoms. The van der Waals surface area contributed by atoms with Crippen molar-refractivity contribution in [2.24, 2.45) is 11.8 Å². The van der Waals surface area contributed by atoms with Gasteiger partial charge in [0.25, 0.3) is 0 Å². The zero-order valence-electron chi connectivity index (χ0n) is 13.1. The van der Waals surface area contributed by atoms with Crippen LogP contribution in [0.3, 0.4) is 0 Å². The van der Waals surface area contributed by atoms with Crippen LogP contribution in [-0.4, -0.2) is 62.3 Å². The summed E-state index contributed by atoms with van der Waals surface area (Å²) >= 11 is 0. The minimum Gasteiger partial charge on any atom is -0.480 e. The zero-order valence-corrected chi connectivity index (χ0v) is 13.1. The summed E-state index contributed by atoms with van der Waals surface area (Å²) in [5.74, 6) is 0.278. The number of aryl methyl sites for hydroxylation is 1. The van der Waals surface area contributed by atoms with Gasteiger partial charge in [0.2, 0.25) is 5.91 Å². The first-order chi connectivity index (χ1) is 11.1. The summed E-state index contributed by atoms with van der Waals surface area (Å²) in [6.45, 7) is 2.15. The van der Waals surface area contributed by atoms with Crippen molar-refractivity contribution >= 4 is 11.9 Å². The Morgan fingerprint density at radius 1 is 1.30 bits per heavy atom. The third kappa shape index (κ3) is 4.51. The average Bonchev–Trinajstić information content (AvgIpc) is 3.06. The van der Waals surface area contributed by atoms with Crippen LogP contribution in [-0.2, 0) is 16.1 Å². The molecule has 1 aromatic heterocycles. The lowest BCUT2D eigenvalue weighted by Crippen LogP contribution is -2.41. The van der Waals surface area contributed by atoms with Crippen molar-refractivity contribution in [3.63, 3.8) is 0 Å². The molecule has 1 saturated carbocycles. The van der Waals surface area contributed by atoms with Gasteiger partial charge >= 0.3 is 5.97 Å². The van der Waals surface area contributed by atoms with Crippen LogP contribution in [0.15, 0.2) is 12.7 Å². The smallest absolute Gasteiger partial charge is 0.317 e. The zero-order chi connectivity index (χ0) is 16.2. The summed E-state index contributed by atoms with van der Waals surface area (Å²) in [5, 5.41) is 16.1. The lowest BCUT2D eigenvalue weighted by atomic mass is 9.98. The summed E-state index contributed by atoms with van der Waals surface area (Å²) in [5.41, 5.74) is 0. The minimum absolute atomic E-state index is 0.0398. The van der Waals surface area contributed by atoms with Gasteiger partial charge in [-0.15, -0.1) is 0 Å². The number of hydrogen-bond acceptors (Lipinski definition) is 5. The highest BCUT2D eigenvalue weighted by Crippen LogP contribution is 2.41. The predicted octanol–water partition coefficient (Wildman–Crippen LogP) is -0.0305. The molecule has 0 unspecified atom stereocenters. The normalized spacial score (nSPS) is 24.7. The topological polar surface area (TPSA) is 100 Å². The Kier molecular flexibility index (Phi) is 4.90. The number of carbonyl (C=O) groups is 2. The molecule has 8 heteroatoms. The molecule has 2 heterocycles. The summed E-state index contributed by atoms with van der Waals surface area (Å²) in [6.07, 6.45) is 6.69. The summed E-state index contributed by atoms with van der Waals surface area (Å²) in [6, 6.07) is 0.0840. The molecule has 8 nitrogen and oxygen atoms in total. The average molecular weight is 321 g/mol. The van der Waals surface area contributed by atoms with Crippen LogP contribution in [0.4, 0.5) is 0 Å². The number of amides is 1. The molecular weight excluding hydrogens is 298 g/mol. The predicted molar refractivity (Wildman–Crippen MR) is 81.5 cm³/mol. The lowest BCUT2D eigenvalue weighted by Gasteiger charge is -2.19. The van der Waals surface area contributed by atoms with Crippen LogP contribution in [0.1, 0.15) is 25.7 Å². The van der Waals surface area contributed by atoms with Gasteiger partial charge in [-0.3, -0.25) is 19.2 Å². The van der Waals surface area contributed by atoms with Crippen LogP contribution < -0.4 is 5.32 Å². The summed E-state index contributed by atoms with van der Waals surface area (Å²) in [4.78, 5) is 28.8. The third-order valence-corrected chi connectivity index (χ3v) is 4.63. The molecule has 1 aromatic rings. The molecule has 2 aliphatic rings. The standard InChI is InChI=1S/C15H23N5O3/c21-14(2-1-5-20-10-16-9-17-20)18-13-7-19(8-15(22)23)6-12(13)11-3-4-11/h9-13H,1-8H2,(H,18,21)(H,22,23)/t12-,13+/m0/s1. The van der Waals surface area contributed by atoms with Gasteiger partial charge in [0.15, 0.2) is 0 Å². The molecule has 1 aliphatic carbocycles. The molecule has 2 N–H and O–H groups in total. The number of carbonyl (C=O) groups excluding carboxylic acids is 1. The maximum absolute atomic E-state index is 12.2. The number of hydrogen-bond donors (Lipinski definition) is 2. The monoisotopic (exact) mass is 321 g/mol. The second-order valence-corrected chi connectivity index (χ2v) is 6.53. The summed E-state index contributed by atoms with van der Waals surface area (Å²) in [7, 11) is 0. The lowest BCUT2D eigenvalue weighted by molar-refractivity contribution is -0.138. The van der Waals surface area contributed by atoms with Crippen molar-refractivity contribution in [2.75, 3.05) is 19.6 Å². The van der Waals surface area contributed by atoms with Crippen molar-refractivity contribution in [2.45, 2.75) is 38.3 Å². The second kappa shape index (κ2) is 7.08. The number of rotatable bonds is 8. The molecule has 3 rings (SSSR count). The van der Waals surface area contributed by atoms with Crippen molar-refractivity contribution in [1.82, 2.24) is 25.0 Å². The summed E-state index contributed by atoms with van der Waals surface area (Å²) < 4.78 is 1.71. The van der Waals surface area contributed by atoms with Crippen LogP contribution in [0.2, 0.25) is 0 Å². The van der Waals surface area contributed by atoms with Gasteiger partial charge in [-0.1, -0.05) is 0 Å². The number of nitrogens with one attached hydrogen (secondary N) is 1. The highest BCUT2D eigenvalue weighted by molar-refractivity contribution is 5.76. The SMILES string of the molecule is O=C(O)CN1C[C@@H](NC(=O)CCCn2cncn2)[C@H](C2CC2)C1. The van der Waals surface area contributed by atoms with E-state index in [-0.39, 0.29) is 18.5 Å². The fraction of sp³-hybridized carbons (Fsp3) is 0.733. The Labute approximate surface area is 134 Å². The first-order valence-electron chi connectivity index (χ1n) is 8.18. The number of carboxylic acid groups (broad SMARTS) is 1. The molecule has 0 radical (unpaired) electrons. The second-order valence-electron chi connectivity index (χ2n) is 6.53. The minimum atomic E-state index is -0.806. The van der Waals surface area contributed by atoms with E-state index < -0.39 is 5.97 Å². The Bertz CT molecular complexity index is 543. The number of nitrogens with zero attached hydrogens (tertiary/aromatic N) is 4. The van der Waals surface area contributed by atoms with E-state index in [1.807, 2.05) is 4.90 Å². The molecule has 126 valence electrons. The Hall–Kier alpha value is -1.96. The van der Waals surface area contributed by atoms with Gasteiger partial charge in [0, 0.05) is 32.1 Å². The molecule has 1 saturated heterocycles. The fourth-order valence-corrected chi connectivity index (χ4v) is 3.42. The van der Waals surface area contributed by atoms with Crippen LogP contribution >= 0.6 is 0 Å². The Morgan fingerprint density at radius 3 is 2.78 bits per heavy atom. The number of likely N-dealkylation sites (tertiary alicyclic amines) is 1. The van der Waals surface area contributed by atoms with Crippen molar-refractivity contribution in [1.29, 1.82) is 0 Å². The van der Waals surface area contributed by atoms with E-state index in [9.17, 15) is 9.59 Å². The van der Waals surface area contributed by atoms with E-state index in [1.54, 1.807) is 11.0 Å². The first-order valence-corrected chi connectivity index (χ1v) is 8.18. The maximum atomic E-state index is 12.2. The first kappa shape index (κ1) is 15.9. The van der Waals surface area contributed by atoms with Crippen LogP contribution in [0.5, 0.6) is 0 Å². The van der Waals surface area contributed by atoms with Crippen molar-refractivity contribution in [3.8, 4) is 0 Å². The highest BCUT2D eigenvalue weighted by atomic mass is 16.4. The van der Waals surface area contributed by atoms with Gasteiger partial charge < -0.3 is 10.4 Å². The molecular formula is C15H23N5O3. The number of aromatic nitrogens is 3. The van der Waals surface area contributed by atoms with E-state index in [1.165, 1.54) is 19.2 Å². The van der Waals surface area contributed by atoms with Crippen LogP contribution in [0, 0.1) is 11.8 Å². The van der Waals surface area contributed by atoms with Crippen molar-refractivity contribution in [3.05, 3.63) is 12.7 Å². The van der Waals surface area contributed by atoms with Gasteiger partial charge in [-0.2, -0.15) is 5.10 Å². The van der Waals surface area contributed by atoms with E-state index in [0.717, 1.165) is 13.0 Å². The number of carboxylic acids is 1. The molecule has 0 bridgehead atoms. The Balaban J connectivity index is 1.45. The maximum Gasteiger partial charge on any atom is 0.317 e.